The summed E-state index contributed by atoms with van der Waals surface area (Å²) >= 11 is -0.826. The van der Waals surface area contributed by atoms with Crippen LogP contribution in [0.2, 0.25) is 0 Å². The van der Waals surface area contributed by atoms with Gasteiger partial charge in [-0.05, 0) is 76.0 Å². The fourth-order valence-electron chi connectivity index (χ4n) is 6.92. The predicted octanol–water partition coefficient (Wildman–Crippen LogP) is 17.5. The Labute approximate surface area is 331 Å². The molecule has 0 atom stereocenters. The van der Waals surface area contributed by atoms with Crippen LogP contribution in [-0.2, 0) is 20.8 Å². The Morgan fingerprint density at radius 1 is 0.306 bits per heavy atom. The summed E-state index contributed by atoms with van der Waals surface area (Å²) in [5, 5.41) is 0. The average molecular weight is 797 g/mol. The van der Waals surface area contributed by atoms with Crippen LogP contribution in [0.25, 0.3) is 0 Å². The zero-order valence-corrected chi connectivity index (χ0v) is 36.9. The Morgan fingerprint density at radius 3 is 0.653 bits per heavy atom. The molecule has 0 heterocycles. The Morgan fingerprint density at radius 2 is 0.469 bits per heavy atom. The van der Waals surface area contributed by atoms with Crippen LogP contribution in [0, 0.1) is 63.2 Å². The van der Waals surface area contributed by atoms with Crippen molar-refractivity contribution in [3.63, 3.8) is 0 Å². The first kappa shape index (κ1) is 50.5. The van der Waals surface area contributed by atoms with Crippen LogP contribution in [0.4, 0.5) is 0 Å². The summed E-state index contributed by atoms with van der Waals surface area (Å²) in [4.78, 5) is 0. The van der Waals surface area contributed by atoms with Gasteiger partial charge in [-0.25, -0.2) is 0 Å². The molecule has 282 valence electrons. The maximum absolute atomic E-state index is 4.93. The second-order valence-electron chi connectivity index (χ2n) is 14.8. The zero-order valence-electron chi connectivity index (χ0n) is 32.9. The van der Waals surface area contributed by atoms with Gasteiger partial charge in [0.25, 0.3) is 0 Å². The molecule has 0 aliphatic heterocycles. The van der Waals surface area contributed by atoms with Gasteiger partial charge in [0.05, 0.1) is 0 Å². The minimum absolute atomic E-state index is 0.826. The van der Waals surface area contributed by atoms with E-state index in [2.05, 4.69) is 65.2 Å². The van der Waals surface area contributed by atoms with E-state index < -0.39 is 20.8 Å². The van der Waals surface area contributed by atoms with Crippen LogP contribution >= 0.6 is 17.0 Å². The first-order chi connectivity index (χ1) is 24.3. The molecular weight excluding hydrogens is 715 g/mol. The number of hydrogen-bond donors (Lipinski definition) is 0. The minimum atomic E-state index is -0.826. The summed E-state index contributed by atoms with van der Waals surface area (Å²) in [6, 6.07) is 0. The van der Waals surface area contributed by atoms with Crippen LogP contribution in [0.3, 0.4) is 0 Å². The molecule has 0 bridgehead atoms. The van der Waals surface area contributed by atoms with Gasteiger partial charge in [0.2, 0.25) is 0 Å². The van der Waals surface area contributed by atoms with Crippen molar-refractivity contribution in [3.8, 4) is 0 Å². The molecule has 2 rings (SSSR count). The van der Waals surface area contributed by atoms with Crippen molar-refractivity contribution in [1.82, 2.24) is 0 Å². The van der Waals surface area contributed by atoms with Gasteiger partial charge in [-0.3, -0.25) is 0 Å². The van der Waals surface area contributed by atoms with Crippen molar-refractivity contribution in [2.75, 3.05) is 0 Å². The third-order valence-corrected chi connectivity index (χ3v) is 10.1. The fourth-order valence-corrected chi connectivity index (χ4v) is 6.92. The topological polar surface area (TPSA) is 0 Å². The Hall–Kier alpha value is 1.46. The molecule has 0 unspecified atom stereocenters. The van der Waals surface area contributed by atoms with Crippen molar-refractivity contribution >= 4 is 17.0 Å². The standard InChI is InChI=1S/2C23H41.2ClH.Zr/c2*1-2-3-4-5-6-7-8-9-10-11-12-13-14-15-16-17-20-23-21-18-19-22-23;;;/h2*18-19,21-22H,2-17,20H2,1H3;2*1H;/q;;;;+4/p-2. The van der Waals surface area contributed by atoms with Crippen LogP contribution in [0.5, 0.6) is 0 Å². The van der Waals surface area contributed by atoms with Gasteiger partial charge in [0, 0.05) is 0 Å². The summed E-state index contributed by atoms with van der Waals surface area (Å²) in [6.07, 6.45) is 66.7. The number of hydrogen-bond acceptors (Lipinski definition) is 0. The summed E-state index contributed by atoms with van der Waals surface area (Å²) < 4.78 is 0. The van der Waals surface area contributed by atoms with E-state index in [4.69, 9.17) is 17.0 Å². The molecule has 0 aromatic heterocycles. The van der Waals surface area contributed by atoms with E-state index in [1.165, 1.54) is 230 Å². The zero-order chi connectivity index (χ0) is 35.6. The van der Waals surface area contributed by atoms with E-state index in [9.17, 15) is 0 Å². The van der Waals surface area contributed by atoms with E-state index in [0.29, 0.717) is 0 Å². The molecule has 0 spiro atoms. The van der Waals surface area contributed by atoms with Gasteiger partial charge in [0.15, 0.2) is 0 Å². The number of rotatable bonds is 34. The third-order valence-electron chi connectivity index (χ3n) is 10.1. The van der Waals surface area contributed by atoms with E-state index >= 15 is 0 Å². The predicted molar refractivity (Wildman–Crippen MR) is 221 cm³/mol. The summed E-state index contributed by atoms with van der Waals surface area (Å²) in [7, 11) is 9.87. The Kier molecular flexibility index (Phi) is 47.0. The molecule has 3 heteroatoms. The van der Waals surface area contributed by atoms with Crippen molar-refractivity contribution in [2.45, 2.75) is 232 Å². The van der Waals surface area contributed by atoms with Gasteiger partial charge in [-0.1, -0.05) is 219 Å². The molecule has 0 amide bonds. The number of unbranched alkanes of at least 4 members (excludes halogenated alkanes) is 30. The molecule has 49 heavy (non-hydrogen) atoms. The molecule has 2 saturated carbocycles. The molecule has 0 nitrogen and oxygen atoms in total. The van der Waals surface area contributed by atoms with E-state index in [1.54, 1.807) is 0 Å². The molecule has 2 aliphatic rings. The van der Waals surface area contributed by atoms with Gasteiger partial charge in [-0.2, -0.15) is 0 Å². The molecule has 2 aliphatic carbocycles. The van der Waals surface area contributed by atoms with Gasteiger partial charge >= 0.3 is 37.9 Å². The Balaban J connectivity index is 0.000000870. The molecular formula is C46H82Cl2Zr+2. The monoisotopic (exact) mass is 794 g/mol. The third kappa shape index (κ3) is 42.1. The first-order valence-electron chi connectivity index (χ1n) is 21.7. The van der Waals surface area contributed by atoms with Crippen molar-refractivity contribution < 1.29 is 20.8 Å². The quantitative estimate of drug-likeness (QED) is 0.0569. The van der Waals surface area contributed by atoms with E-state index in [-0.39, 0.29) is 0 Å². The van der Waals surface area contributed by atoms with Crippen molar-refractivity contribution in [1.29, 1.82) is 0 Å². The van der Waals surface area contributed by atoms with Crippen LogP contribution in [0.1, 0.15) is 232 Å². The second kappa shape index (κ2) is 45.6. The molecule has 2 fully saturated rings. The van der Waals surface area contributed by atoms with Crippen molar-refractivity contribution in [3.05, 3.63) is 63.2 Å². The van der Waals surface area contributed by atoms with E-state index in [1.807, 2.05) is 0 Å². The summed E-state index contributed by atoms with van der Waals surface area (Å²) in [5.41, 5.74) is 0. The van der Waals surface area contributed by atoms with Crippen LogP contribution in [-0.4, -0.2) is 0 Å². The summed E-state index contributed by atoms with van der Waals surface area (Å²) in [6.45, 7) is 4.59. The molecule has 0 saturated heterocycles. The molecule has 0 aromatic rings. The molecule has 10 radical (unpaired) electrons. The van der Waals surface area contributed by atoms with E-state index in [0.717, 1.165) is 0 Å². The van der Waals surface area contributed by atoms with Gasteiger partial charge < -0.3 is 0 Å². The van der Waals surface area contributed by atoms with Crippen molar-refractivity contribution in [2.24, 2.45) is 0 Å². The fraction of sp³-hybridized carbons (Fsp3) is 0.783. The SMILES string of the molecule is CCCCCCCCCCCCCCCCCC[C]1[CH][CH][CH][CH]1.CCCCCCCCCCCCCCCCCC[C]1[CH][CH][CH][CH]1.[Cl][Zr+2][Cl]. The average Bonchev–Trinajstić information content (AvgIpc) is 3.84. The Bertz CT molecular complexity index is 509. The van der Waals surface area contributed by atoms with Gasteiger partial charge in [0.1, 0.15) is 0 Å². The van der Waals surface area contributed by atoms with Gasteiger partial charge in [-0.15, -0.1) is 0 Å². The second-order valence-corrected chi connectivity index (χ2v) is 18.5. The molecule has 0 N–H and O–H groups in total. The normalized spacial score (nSPS) is 14.8. The van der Waals surface area contributed by atoms with Crippen LogP contribution < -0.4 is 0 Å². The number of halogens is 2. The van der Waals surface area contributed by atoms with Crippen LogP contribution in [0.15, 0.2) is 0 Å². The summed E-state index contributed by atoms with van der Waals surface area (Å²) in [5.74, 6) is 3.05. The maximum atomic E-state index is 4.93. The first-order valence-corrected chi connectivity index (χ1v) is 28.0. The molecule has 0 aromatic carbocycles.